The van der Waals surface area contributed by atoms with E-state index in [0.29, 0.717) is 0 Å². The van der Waals surface area contributed by atoms with E-state index in [1.807, 2.05) is 0 Å². The molecule has 0 radical (unpaired) electrons. The Morgan fingerprint density at radius 1 is 0.389 bits per heavy atom. The zero-order valence-corrected chi connectivity index (χ0v) is 33.3. The lowest BCUT2D eigenvalue weighted by Gasteiger charge is -2.26. The minimum absolute atomic E-state index is 1.07. The first-order valence-corrected chi connectivity index (χ1v) is 20.2. The summed E-state index contributed by atoms with van der Waals surface area (Å²) in [6.07, 6.45) is 6.69. The first kappa shape index (κ1) is 35.5. The normalized spacial score (nSPS) is 11.1. The van der Waals surface area contributed by atoms with Crippen LogP contribution in [0.1, 0.15) is 26.4 Å². The fraction of sp³-hybridized carbons (Fsp3) is 0. The maximum absolute atomic E-state index is 3.58. The molecule has 1 nitrogen and oxygen atoms in total. The molecule has 8 aromatic rings. The van der Waals surface area contributed by atoms with Gasteiger partial charge in [-0.05, 0) is 129 Å². The Labute approximate surface area is 338 Å². The van der Waals surface area contributed by atoms with E-state index in [2.05, 4.69) is 249 Å². The van der Waals surface area contributed by atoms with E-state index in [9.17, 15) is 0 Å². The highest BCUT2D eigenvalue weighted by Crippen LogP contribution is 2.37. The highest BCUT2D eigenvalue weighted by molar-refractivity contribution is 9.10. The van der Waals surface area contributed by atoms with Crippen LogP contribution in [0.3, 0.4) is 0 Å². The van der Waals surface area contributed by atoms with E-state index < -0.39 is 0 Å². The molecule has 0 aliphatic heterocycles. The third-order valence-electron chi connectivity index (χ3n) is 9.30. The molecule has 0 bridgehead atoms. The van der Waals surface area contributed by atoms with E-state index in [-0.39, 0.29) is 0 Å². The van der Waals surface area contributed by atoms with Crippen LogP contribution in [-0.2, 0) is 0 Å². The molecular weight excluding hydrogens is 806 g/mol. The molecule has 1 aromatic heterocycles. The number of nitrogens with zero attached hydrogens (tertiary/aromatic N) is 1. The monoisotopic (exact) mass is 839 g/mol. The van der Waals surface area contributed by atoms with Crippen molar-refractivity contribution in [1.29, 1.82) is 0 Å². The number of thiophene rings is 1. The maximum atomic E-state index is 3.58. The molecule has 0 spiro atoms. The van der Waals surface area contributed by atoms with E-state index in [1.165, 1.54) is 48.7 Å². The number of hydrogen-bond acceptors (Lipinski definition) is 2. The van der Waals surface area contributed by atoms with Crippen LogP contribution in [0.15, 0.2) is 203 Å². The maximum Gasteiger partial charge on any atom is 0.0462 e. The van der Waals surface area contributed by atoms with Crippen LogP contribution < -0.4 is 4.90 Å². The van der Waals surface area contributed by atoms with Crippen molar-refractivity contribution in [1.82, 2.24) is 0 Å². The molecule has 0 amide bonds. The Bertz CT molecular complexity index is 2370. The standard InChI is InChI=1S/C50H35Br2NS/c51-43-22-14-41(15-23-43)50(42-16-24-44(52)25-17-42)35-49-34-33-48(54-49)32-13-36-11-26-45(27-12-36)53(46-28-18-39(19-29-46)37-7-3-1-4-8-37)47-30-20-40(21-31-47)38-9-5-2-6-10-38/h1-35H. The molecule has 0 fully saturated rings. The van der Waals surface area contributed by atoms with E-state index in [4.69, 9.17) is 0 Å². The molecule has 0 atom stereocenters. The first-order valence-electron chi connectivity index (χ1n) is 17.8. The van der Waals surface area contributed by atoms with Crippen LogP contribution in [0.4, 0.5) is 17.1 Å². The molecule has 0 saturated carbocycles. The second kappa shape index (κ2) is 16.7. The predicted molar refractivity (Wildman–Crippen MR) is 241 cm³/mol. The first-order chi connectivity index (χ1) is 26.6. The molecule has 8 rings (SSSR count). The van der Waals surface area contributed by atoms with Crippen LogP contribution in [0.5, 0.6) is 0 Å². The average Bonchev–Trinajstić information content (AvgIpc) is 3.69. The second-order valence-corrected chi connectivity index (χ2v) is 15.9. The van der Waals surface area contributed by atoms with Gasteiger partial charge in [0, 0.05) is 35.8 Å². The van der Waals surface area contributed by atoms with Gasteiger partial charge in [-0.1, -0.05) is 159 Å². The Hall–Kier alpha value is -5.52. The fourth-order valence-electron chi connectivity index (χ4n) is 6.50. The third kappa shape index (κ3) is 8.48. The van der Waals surface area contributed by atoms with Crippen LogP contribution in [0.2, 0.25) is 0 Å². The Morgan fingerprint density at radius 3 is 1.26 bits per heavy atom. The van der Waals surface area contributed by atoms with Gasteiger partial charge in [0.1, 0.15) is 0 Å². The third-order valence-corrected chi connectivity index (χ3v) is 11.4. The smallest absolute Gasteiger partial charge is 0.0462 e. The molecule has 54 heavy (non-hydrogen) atoms. The summed E-state index contributed by atoms with van der Waals surface area (Å²) >= 11 is 8.96. The summed E-state index contributed by atoms with van der Waals surface area (Å²) in [4.78, 5) is 4.73. The average molecular weight is 842 g/mol. The van der Waals surface area contributed by atoms with Crippen molar-refractivity contribution in [2.24, 2.45) is 0 Å². The van der Waals surface area contributed by atoms with Crippen molar-refractivity contribution < 1.29 is 0 Å². The molecule has 7 aromatic carbocycles. The summed E-state index contributed by atoms with van der Waals surface area (Å²) in [5.41, 5.74) is 12.8. The van der Waals surface area contributed by atoms with Gasteiger partial charge in [0.2, 0.25) is 0 Å². The van der Waals surface area contributed by atoms with Crippen molar-refractivity contribution in [3.05, 3.63) is 230 Å². The SMILES string of the molecule is Brc1ccc(C(=Cc2ccc(C=Cc3ccc(N(c4ccc(-c5ccccc5)cc4)c4ccc(-c5ccccc5)cc4)cc3)s2)c2ccc(Br)cc2)cc1. The Morgan fingerprint density at radius 2 is 0.796 bits per heavy atom. The minimum Gasteiger partial charge on any atom is -0.311 e. The number of anilines is 3. The summed E-state index contributed by atoms with van der Waals surface area (Å²) in [5, 5.41) is 0. The van der Waals surface area contributed by atoms with Gasteiger partial charge in [-0.3, -0.25) is 0 Å². The minimum atomic E-state index is 1.07. The molecule has 260 valence electrons. The lowest BCUT2D eigenvalue weighted by molar-refractivity contribution is 1.28. The van der Waals surface area contributed by atoms with Crippen molar-refractivity contribution in [2.75, 3.05) is 4.90 Å². The van der Waals surface area contributed by atoms with Gasteiger partial charge in [-0.2, -0.15) is 0 Å². The van der Waals surface area contributed by atoms with Gasteiger partial charge >= 0.3 is 0 Å². The quantitative estimate of drug-likeness (QED) is 0.133. The van der Waals surface area contributed by atoms with Crippen molar-refractivity contribution in [2.45, 2.75) is 0 Å². The summed E-state index contributed by atoms with van der Waals surface area (Å²) in [6, 6.07) is 69.0. The Balaban J connectivity index is 1.06. The number of halogens is 2. The van der Waals surface area contributed by atoms with E-state index >= 15 is 0 Å². The molecule has 0 aliphatic carbocycles. The summed E-state index contributed by atoms with van der Waals surface area (Å²) in [6.45, 7) is 0. The van der Waals surface area contributed by atoms with Gasteiger partial charge in [-0.15, -0.1) is 11.3 Å². The Kier molecular flexibility index (Phi) is 11.0. The van der Waals surface area contributed by atoms with Gasteiger partial charge in [0.05, 0.1) is 0 Å². The number of hydrogen-bond donors (Lipinski definition) is 0. The highest BCUT2D eigenvalue weighted by Gasteiger charge is 2.14. The van der Waals surface area contributed by atoms with Crippen molar-refractivity contribution in [3.8, 4) is 22.3 Å². The molecule has 0 saturated heterocycles. The molecule has 0 N–H and O–H groups in total. The van der Waals surface area contributed by atoms with Gasteiger partial charge in [-0.25, -0.2) is 0 Å². The van der Waals surface area contributed by atoms with Crippen LogP contribution in [-0.4, -0.2) is 0 Å². The summed E-state index contributed by atoms with van der Waals surface area (Å²) in [5.74, 6) is 0. The summed E-state index contributed by atoms with van der Waals surface area (Å²) in [7, 11) is 0. The molecule has 4 heteroatoms. The predicted octanol–water partition coefficient (Wildman–Crippen LogP) is 15.8. The van der Waals surface area contributed by atoms with E-state index in [1.54, 1.807) is 11.3 Å². The van der Waals surface area contributed by atoms with Crippen LogP contribution in [0.25, 0.3) is 46.1 Å². The lowest BCUT2D eigenvalue weighted by Crippen LogP contribution is -2.09. The lowest BCUT2D eigenvalue weighted by atomic mass is 9.97. The zero-order valence-electron chi connectivity index (χ0n) is 29.3. The van der Waals surface area contributed by atoms with Crippen LogP contribution in [0, 0.1) is 0 Å². The van der Waals surface area contributed by atoms with Gasteiger partial charge < -0.3 is 4.90 Å². The van der Waals surface area contributed by atoms with Crippen LogP contribution >= 0.6 is 43.2 Å². The zero-order chi connectivity index (χ0) is 36.7. The second-order valence-electron chi connectivity index (χ2n) is 12.9. The largest absolute Gasteiger partial charge is 0.311 e. The van der Waals surface area contributed by atoms with Crippen molar-refractivity contribution in [3.63, 3.8) is 0 Å². The number of benzene rings is 7. The topological polar surface area (TPSA) is 3.24 Å². The highest BCUT2D eigenvalue weighted by atomic mass is 79.9. The van der Waals surface area contributed by atoms with Gasteiger partial charge in [0.25, 0.3) is 0 Å². The molecule has 1 heterocycles. The molecular formula is C50H35Br2NS. The molecule has 0 aliphatic rings. The van der Waals surface area contributed by atoms with Crippen molar-refractivity contribution >= 4 is 84.1 Å². The van der Waals surface area contributed by atoms with E-state index in [0.717, 1.165) is 31.6 Å². The fourth-order valence-corrected chi connectivity index (χ4v) is 7.88. The summed E-state index contributed by atoms with van der Waals surface area (Å²) < 4.78 is 2.14. The van der Waals surface area contributed by atoms with Gasteiger partial charge in [0.15, 0.2) is 0 Å². The molecule has 0 unspecified atom stereocenters. The number of rotatable bonds is 10.